The molecule has 0 aliphatic carbocycles. The average Bonchev–Trinajstić information content (AvgIpc) is 3.07. The Morgan fingerprint density at radius 1 is 0.963 bits per heavy atom. The number of anilines is 1. The lowest BCUT2D eigenvalue weighted by Gasteiger charge is -2.23. The fourth-order valence-electron chi connectivity index (χ4n) is 3.94. The smallest absolute Gasteiger partial charge is 0.314 e. The maximum absolute atomic E-state index is 13.2. The number of sulfone groups is 1. The summed E-state index contributed by atoms with van der Waals surface area (Å²) in [4.78, 5) is 16.4. The fraction of sp³-hybridized carbons (Fsp3) is 0.350. The summed E-state index contributed by atoms with van der Waals surface area (Å²) < 4.78 is 37.7. The number of carbonyl (C=O) groups excluding carboxylic acids is 1. The first-order valence-corrected chi connectivity index (χ1v) is 10.8. The minimum absolute atomic E-state index is 0.0289. The number of nitrogens with zero attached hydrogens (tertiary/aromatic N) is 2. The summed E-state index contributed by atoms with van der Waals surface area (Å²) >= 11 is 0. The Morgan fingerprint density at radius 2 is 1.56 bits per heavy atom. The molecule has 2 atom stereocenters. The Kier molecular flexibility index (Phi) is 4.42. The number of halogens is 1. The predicted molar refractivity (Wildman–Crippen MR) is 102 cm³/mol. The number of hydrogen-bond acceptors (Lipinski definition) is 3. The SMILES string of the molecule is CCc1ccc(N2C(=O)N(Cc3ccc(F)cc3)[C@H]3CS(=O)(=O)C[C@H]32)cc1. The van der Waals surface area contributed by atoms with E-state index in [2.05, 4.69) is 6.92 Å². The van der Waals surface area contributed by atoms with Crippen molar-refractivity contribution in [1.29, 1.82) is 0 Å². The van der Waals surface area contributed by atoms with Crippen LogP contribution in [0.15, 0.2) is 48.5 Å². The number of urea groups is 1. The second kappa shape index (κ2) is 6.64. The Morgan fingerprint density at radius 3 is 2.19 bits per heavy atom. The summed E-state index contributed by atoms with van der Waals surface area (Å²) in [5.74, 6) is -0.405. The molecule has 142 valence electrons. The molecule has 0 bridgehead atoms. The number of aryl methyl sites for hydroxylation is 1. The Labute approximate surface area is 158 Å². The summed E-state index contributed by atoms with van der Waals surface area (Å²) in [6.45, 7) is 2.32. The van der Waals surface area contributed by atoms with Crippen LogP contribution < -0.4 is 4.90 Å². The number of carbonyl (C=O) groups is 1. The van der Waals surface area contributed by atoms with Gasteiger partial charge in [-0.15, -0.1) is 0 Å². The zero-order valence-corrected chi connectivity index (χ0v) is 15.8. The predicted octanol–water partition coefficient (Wildman–Crippen LogP) is 3.00. The molecule has 27 heavy (non-hydrogen) atoms. The number of benzene rings is 2. The lowest BCUT2D eigenvalue weighted by Crippen LogP contribution is -2.37. The van der Waals surface area contributed by atoms with Crippen molar-refractivity contribution in [1.82, 2.24) is 4.90 Å². The van der Waals surface area contributed by atoms with Gasteiger partial charge in [0.25, 0.3) is 0 Å². The van der Waals surface area contributed by atoms with Gasteiger partial charge in [0.2, 0.25) is 0 Å². The topological polar surface area (TPSA) is 57.7 Å². The first-order valence-electron chi connectivity index (χ1n) is 9.01. The van der Waals surface area contributed by atoms with Crippen LogP contribution in [0.25, 0.3) is 0 Å². The molecule has 0 aromatic heterocycles. The zero-order chi connectivity index (χ0) is 19.2. The standard InChI is InChI=1S/C20H21FN2O3S/c1-2-14-5-9-17(10-6-14)23-19-13-27(25,26)12-18(19)22(20(23)24)11-15-3-7-16(21)8-4-15/h3-10,18-19H,2,11-13H2,1H3/t18-,19+/m0/s1. The van der Waals surface area contributed by atoms with Gasteiger partial charge in [0.15, 0.2) is 9.84 Å². The van der Waals surface area contributed by atoms with E-state index >= 15 is 0 Å². The molecule has 7 heteroatoms. The van der Waals surface area contributed by atoms with Gasteiger partial charge in [0.05, 0.1) is 23.6 Å². The number of fused-ring (bicyclic) bond motifs is 1. The molecule has 0 unspecified atom stereocenters. The lowest BCUT2D eigenvalue weighted by atomic mass is 10.1. The third-order valence-corrected chi connectivity index (χ3v) is 7.07. The summed E-state index contributed by atoms with van der Waals surface area (Å²) in [5.41, 5.74) is 2.64. The highest BCUT2D eigenvalue weighted by atomic mass is 32.2. The highest BCUT2D eigenvalue weighted by Crippen LogP contribution is 2.36. The van der Waals surface area contributed by atoms with Crippen LogP contribution in [0.2, 0.25) is 0 Å². The third-order valence-electron chi connectivity index (χ3n) is 5.37. The molecule has 5 nitrogen and oxygen atoms in total. The maximum atomic E-state index is 13.2. The minimum Gasteiger partial charge on any atom is -0.314 e. The van der Waals surface area contributed by atoms with Crippen molar-refractivity contribution < 1.29 is 17.6 Å². The molecule has 2 aromatic rings. The van der Waals surface area contributed by atoms with E-state index in [-0.39, 0.29) is 29.9 Å². The van der Waals surface area contributed by atoms with Crippen LogP contribution in [0.5, 0.6) is 0 Å². The molecule has 0 saturated carbocycles. The quantitative estimate of drug-likeness (QED) is 0.757. The van der Waals surface area contributed by atoms with E-state index in [1.165, 1.54) is 12.1 Å². The van der Waals surface area contributed by atoms with Crippen LogP contribution in [-0.4, -0.2) is 42.9 Å². The van der Waals surface area contributed by atoms with Gasteiger partial charge in [-0.2, -0.15) is 0 Å². The van der Waals surface area contributed by atoms with Crippen LogP contribution in [-0.2, 0) is 22.8 Å². The largest absolute Gasteiger partial charge is 0.325 e. The molecular weight excluding hydrogens is 367 g/mol. The first-order chi connectivity index (χ1) is 12.9. The molecule has 0 N–H and O–H groups in total. The summed E-state index contributed by atoms with van der Waals surface area (Å²) in [6.07, 6.45) is 0.894. The molecule has 2 aromatic carbocycles. The van der Waals surface area contributed by atoms with Crippen LogP contribution in [0.4, 0.5) is 14.9 Å². The van der Waals surface area contributed by atoms with Crippen molar-refractivity contribution in [2.24, 2.45) is 0 Å². The highest BCUT2D eigenvalue weighted by Gasteiger charge is 2.53. The molecule has 2 saturated heterocycles. The van der Waals surface area contributed by atoms with Gasteiger partial charge in [0.1, 0.15) is 5.82 Å². The Hall–Kier alpha value is -2.41. The van der Waals surface area contributed by atoms with Gasteiger partial charge in [-0.3, -0.25) is 4.90 Å². The van der Waals surface area contributed by atoms with Crippen molar-refractivity contribution in [3.63, 3.8) is 0 Å². The molecule has 4 rings (SSSR count). The van der Waals surface area contributed by atoms with Gasteiger partial charge < -0.3 is 4.90 Å². The second-order valence-electron chi connectivity index (χ2n) is 7.14. The van der Waals surface area contributed by atoms with Crippen molar-refractivity contribution in [3.05, 3.63) is 65.5 Å². The van der Waals surface area contributed by atoms with Crippen molar-refractivity contribution in [2.75, 3.05) is 16.4 Å². The van der Waals surface area contributed by atoms with E-state index in [4.69, 9.17) is 0 Å². The van der Waals surface area contributed by atoms with E-state index in [0.717, 1.165) is 17.5 Å². The van der Waals surface area contributed by atoms with E-state index in [1.54, 1.807) is 21.9 Å². The van der Waals surface area contributed by atoms with Crippen molar-refractivity contribution in [3.8, 4) is 0 Å². The molecule has 0 spiro atoms. The van der Waals surface area contributed by atoms with Gasteiger partial charge in [0, 0.05) is 12.2 Å². The second-order valence-corrected chi connectivity index (χ2v) is 9.29. The van der Waals surface area contributed by atoms with E-state index in [9.17, 15) is 17.6 Å². The summed E-state index contributed by atoms with van der Waals surface area (Å²) in [5, 5.41) is 0. The van der Waals surface area contributed by atoms with E-state index < -0.39 is 21.9 Å². The van der Waals surface area contributed by atoms with E-state index in [1.807, 2.05) is 24.3 Å². The molecule has 2 fully saturated rings. The number of rotatable bonds is 4. The average molecular weight is 388 g/mol. The van der Waals surface area contributed by atoms with Gasteiger partial charge in [-0.1, -0.05) is 31.2 Å². The van der Waals surface area contributed by atoms with Crippen LogP contribution in [0, 0.1) is 5.82 Å². The molecule has 2 amide bonds. The number of hydrogen-bond donors (Lipinski definition) is 0. The molecule has 2 aliphatic heterocycles. The summed E-state index contributed by atoms with van der Waals surface area (Å²) in [7, 11) is -3.21. The minimum atomic E-state index is -3.21. The van der Waals surface area contributed by atoms with Gasteiger partial charge in [-0.05, 0) is 41.8 Å². The van der Waals surface area contributed by atoms with Gasteiger partial charge in [-0.25, -0.2) is 17.6 Å². The Balaban J connectivity index is 1.67. The molecular formula is C20H21FN2O3S. The normalized spacial score (nSPS) is 23.7. The van der Waals surface area contributed by atoms with Gasteiger partial charge >= 0.3 is 6.03 Å². The summed E-state index contributed by atoms with van der Waals surface area (Å²) in [6, 6.07) is 12.6. The van der Waals surface area contributed by atoms with Crippen LogP contribution in [0.3, 0.4) is 0 Å². The zero-order valence-electron chi connectivity index (χ0n) is 15.0. The fourth-order valence-corrected chi connectivity index (χ4v) is 5.89. The lowest BCUT2D eigenvalue weighted by molar-refractivity contribution is 0.206. The number of amides is 2. The highest BCUT2D eigenvalue weighted by molar-refractivity contribution is 7.91. The third kappa shape index (κ3) is 3.32. The van der Waals surface area contributed by atoms with Crippen LogP contribution in [0.1, 0.15) is 18.1 Å². The monoisotopic (exact) mass is 388 g/mol. The first kappa shape index (κ1) is 18.0. The van der Waals surface area contributed by atoms with E-state index in [0.29, 0.717) is 5.69 Å². The maximum Gasteiger partial charge on any atom is 0.325 e. The van der Waals surface area contributed by atoms with Crippen molar-refractivity contribution in [2.45, 2.75) is 32.0 Å². The molecule has 0 radical (unpaired) electrons. The Bertz CT molecular complexity index is 958. The van der Waals surface area contributed by atoms with Crippen molar-refractivity contribution >= 4 is 21.6 Å². The van der Waals surface area contributed by atoms with Crippen LogP contribution >= 0.6 is 0 Å². The molecule has 2 heterocycles. The molecule has 2 aliphatic rings.